The van der Waals surface area contributed by atoms with Gasteiger partial charge in [-0.2, -0.15) is 0 Å². The number of unbranched alkanes of at least 4 members (excludes halogenated alkanes) is 40. The Morgan fingerprint density at radius 2 is 0.507 bits per heavy atom. The van der Waals surface area contributed by atoms with Crippen LogP contribution in [0.1, 0.15) is 356 Å². The molecule has 0 aliphatic carbocycles. The first-order valence-electron chi connectivity index (χ1n) is 31.3. The number of hydrogen-bond donors (Lipinski definition) is 0. The van der Waals surface area contributed by atoms with Crippen molar-refractivity contribution in [2.75, 3.05) is 13.2 Å². The van der Waals surface area contributed by atoms with Gasteiger partial charge >= 0.3 is 17.9 Å². The van der Waals surface area contributed by atoms with E-state index in [1.165, 1.54) is 244 Å². The summed E-state index contributed by atoms with van der Waals surface area (Å²) in [5.41, 5.74) is 0. The molecule has 0 radical (unpaired) electrons. The highest BCUT2D eigenvalue weighted by Crippen LogP contribution is 2.19. The predicted molar refractivity (Wildman–Crippen MR) is 298 cm³/mol. The van der Waals surface area contributed by atoms with Crippen molar-refractivity contribution in [3.8, 4) is 0 Å². The van der Waals surface area contributed by atoms with Crippen molar-refractivity contribution < 1.29 is 28.6 Å². The standard InChI is InChI=1S/C63H122O6/c1-6-9-10-11-36-43-48-53-61(64)67-56-60(69-63(66)55-50-45-40-35-31-27-23-19-15-13-17-21-25-29-33-38-42-47-52-59(5)8-3)57-68-62(65)54-49-44-39-34-30-26-22-18-14-12-16-20-24-28-32-37-41-46-51-58(4)7-2/h58-60H,6-57H2,1-5H3/t58?,59?,60-/m1/s1. The maximum atomic E-state index is 12.8. The molecule has 0 aliphatic heterocycles. The van der Waals surface area contributed by atoms with Gasteiger partial charge in [0, 0.05) is 19.3 Å². The smallest absolute Gasteiger partial charge is 0.306 e. The van der Waals surface area contributed by atoms with E-state index < -0.39 is 6.10 Å². The van der Waals surface area contributed by atoms with Gasteiger partial charge in [0.1, 0.15) is 13.2 Å². The summed E-state index contributed by atoms with van der Waals surface area (Å²) in [6.07, 6.45) is 61.2. The molecule has 0 heterocycles. The fourth-order valence-corrected chi connectivity index (χ4v) is 9.69. The average Bonchev–Trinajstić information content (AvgIpc) is 3.35. The number of hydrogen-bond acceptors (Lipinski definition) is 6. The van der Waals surface area contributed by atoms with E-state index in [9.17, 15) is 14.4 Å². The first kappa shape index (κ1) is 67.4. The third kappa shape index (κ3) is 54.0. The van der Waals surface area contributed by atoms with Gasteiger partial charge in [-0.05, 0) is 31.1 Å². The zero-order chi connectivity index (χ0) is 50.4. The molecule has 2 unspecified atom stereocenters. The van der Waals surface area contributed by atoms with Gasteiger partial charge in [-0.25, -0.2) is 0 Å². The Kier molecular flexibility index (Phi) is 54.4. The van der Waals surface area contributed by atoms with Gasteiger partial charge in [0.15, 0.2) is 6.10 Å². The quantitative estimate of drug-likeness (QED) is 0.0343. The molecule has 0 amide bonds. The SMILES string of the molecule is CCCCCCCCCC(=O)OC[C@H](COC(=O)CCCCCCCCCCCCCCCCCCCCC(C)CC)OC(=O)CCCCCCCCCCCCCCCCCCCCC(C)CC. The molecule has 0 fully saturated rings. The largest absolute Gasteiger partial charge is 0.462 e. The lowest BCUT2D eigenvalue weighted by atomic mass is 9.99. The van der Waals surface area contributed by atoms with E-state index in [4.69, 9.17) is 14.2 Å². The number of carbonyl (C=O) groups is 3. The minimum Gasteiger partial charge on any atom is -0.462 e. The number of carbonyl (C=O) groups excluding carboxylic acids is 3. The highest BCUT2D eigenvalue weighted by Gasteiger charge is 2.19. The highest BCUT2D eigenvalue weighted by molar-refractivity contribution is 5.71. The Hall–Kier alpha value is -1.59. The summed E-state index contributed by atoms with van der Waals surface area (Å²) in [5.74, 6) is 0.977. The monoisotopic (exact) mass is 975 g/mol. The van der Waals surface area contributed by atoms with Gasteiger partial charge in [0.25, 0.3) is 0 Å². The molecule has 3 atom stereocenters. The number of rotatable bonds is 57. The molecule has 0 aromatic rings. The van der Waals surface area contributed by atoms with Crippen molar-refractivity contribution in [2.24, 2.45) is 11.8 Å². The van der Waals surface area contributed by atoms with E-state index in [-0.39, 0.29) is 31.1 Å². The highest BCUT2D eigenvalue weighted by atomic mass is 16.6. The van der Waals surface area contributed by atoms with E-state index in [1.807, 2.05) is 0 Å². The summed E-state index contributed by atoms with van der Waals surface area (Å²) in [7, 11) is 0. The van der Waals surface area contributed by atoms with Crippen molar-refractivity contribution in [1.29, 1.82) is 0 Å². The maximum absolute atomic E-state index is 12.8. The lowest BCUT2D eigenvalue weighted by molar-refractivity contribution is -0.167. The van der Waals surface area contributed by atoms with E-state index in [0.717, 1.165) is 69.6 Å². The number of ether oxygens (including phenoxy) is 3. The van der Waals surface area contributed by atoms with Gasteiger partial charge in [-0.15, -0.1) is 0 Å². The second-order valence-electron chi connectivity index (χ2n) is 22.2. The topological polar surface area (TPSA) is 78.9 Å². The lowest BCUT2D eigenvalue weighted by Crippen LogP contribution is -2.30. The van der Waals surface area contributed by atoms with Crippen LogP contribution in [0.4, 0.5) is 0 Å². The second kappa shape index (κ2) is 55.7. The zero-order valence-corrected chi connectivity index (χ0v) is 47.5. The van der Waals surface area contributed by atoms with Crippen LogP contribution in [-0.4, -0.2) is 37.2 Å². The fourth-order valence-electron chi connectivity index (χ4n) is 9.69. The molecule has 0 rings (SSSR count). The molecule has 0 spiro atoms. The molecule has 6 heteroatoms. The van der Waals surface area contributed by atoms with E-state index in [2.05, 4.69) is 34.6 Å². The third-order valence-corrected chi connectivity index (χ3v) is 15.2. The Bertz CT molecular complexity index is 1060. The van der Waals surface area contributed by atoms with E-state index >= 15 is 0 Å². The summed E-state index contributed by atoms with van der Waals surface area (Å²) >= 11 is 0. The molecular weight excluding hydrogens is 853 g/mol. The molecule has 0 saturated heterocycles. The van der Waals surface area contributed by atoms with Crippen LogP contribution in [0.2, 0.25) is 0 Å². The van der Waals surface area contributed by atoms with Gasteiger partial charge < -0.3 is 14.2 Å². The molecular formula is C63H122O6. The molecule has 0 aromatic heterocycles. The summed E-state index contributed by atoms with van der Waals surface area (Å²) < 4.78 is 16.8. The zero-order valence-electron chi connectivity index (χ0n) is 47.5. The average molecular weight is 976 g/mol. The van der Waals surface area contributed by atoms with Crippen molar-refractivity contribution in [3.63, 3.8) is 0 Å². The fraction of sp³-hybridized carbons (Fsp3) is 0.952. The molecule has 0 N–H and O–H groups in total. The summed E-state index contributed by atoms with van der Waals surface area (Å²) in [6.45, 7) is 11.5. The first-order chi connectivity index (χ1) is 33.8. The van der Waals surface area contributed by atoms with E-state index in [0.29, 0.717) is 19.3 Å². The van der Waals surface area contributed by atoms with Crippen molar-refractivity contribution in [1.82, 2.24) is 0 Å². The van der Waals surface area contributed by atoms with Crippen LogP contribution >= 0.6 is 0 Å². The van der Waals surface area contributed by atoms with Gasteiger partial charge in [-0.3, -0.25) is 14.4 Å². The van der Waals surface area contributed by atoms with Gasteiger partial charge in [0.2, 0.25) is 0 Å². The lowest BCUT2D eigenvalue weighted by Gasteiger charge is -2.18. The number of esters is 3. The molecule has 0 bridgehead atoms. The van der Waals surface area contributed by atoms with Gasteiger partial charge in [0.05, 0.1) is 0 Å². The molecule has 69 heavy (non-hydrogen) atoms. The Morgan fingerprint density at radius 1 is 0.290 bits per heavy atom. The molecule has 410 valence electrons. The van der Waals surface area contributed by atoms with Crippen molar-refractivity contribution in [3.05, 3.63) is 0 Å². The van der Waals surface area contributed by atoms with Crippen molar-refractivity contribution >= 4 is 17.9 Å². The molecule has 0 saturated carbocycles. The van der Waals surface area contributed by atoms with Crippen LogP contribution in [-0.2, 0) is 28.6 Å². The van der Waals surface area contributed by atoms with Crippen LogP contribution in [0.25, 0.3) is 0 Å². The molecule has 0 aliphatic rings. The maximum Gasteiger partial charge on any atom is 0.306 e. The van der Waals surface area contributed by atoms with Crippen LogP contribution in [0, 0.1) is 11.8 Å². The Morgan fingerprint density at radius 3 is 0.754 bits per heavy atom. The normalized spacial score (nSPS) is 12.8. The van der Waals surface area contributed by atoms with Crippen LogP contribution in [0.3, 0.4) is 0 Å². The summed E-state index contributed by atoms with van der Waals surface area (Å²) in [4.78, 5) is 38.0. The van der Waals surface area contributed by atoms with Crippen LogP contribution in [0.5, 0.6) is 0 Å². The van der Waals surface area contributed by atoms with Crippen LogP contribution < -0.4 is 0 Å². The predicted octanol–water partition coefficient (Wildman–Crippen LogP) is 20.8. The van der Waals surface area contributed by atoms with Crippen molar-refractivity contribution in [2.45, 2.75) is 362 Å². The minimum absolute atomic E-state index is 0.0626. The second-order valence-corrected chi connectivity index (χ2v) is 22.2. The van der Waals surface area contributed by atoms with Gasteiger partial charge in [-0.1, -0.05) is 317 Å². The Labute approximate surface area is 431 Å². The Balaban J connectivity index is 4.08. The summed E-state index contributed by atoms with van der Waals surface area (Å²) in [6, 6.07) is 0. The molecule has 6 nitrogen and oxygen atoms in total. The first-order valence-corrected chi connectivity index (χ1v) is 31.3. The minimum atomic E-state index is -0.762. The van der Waals surface area contributed by atoms with E-state index in [1.54, 1.807) is 0 Å². The third-order valence-electron chi connectivity index (χ3n) is 15.2. The van der Waals surface area contributed by atoms with Crippen LogP contribution in [0.15, 0.2) is 0 Å². The summed E-state index contributed by atoms with van der Waals surface area (Å²) in [5, 5.41) is 0. The molecule has 0 aromatic carbocycles.